The van der Waals surface area contributed by atoms with E-state index in [1.54, 1.807) is 32.8 Å². The van der Waals surface area contributed by atoms with Crippen LogP contribution < -0.4 is 9.47 Å². The minimum Gasteiger partial charge on any atom is -0.497 e. The summed E-state index contributed by atoms with van der Waals surface area (Å²) in [7, 11) is 5.10. The molecule has 5 rings (SSSR count). The Morgan fingerprint density at radius 2 is 1.88 bits per heavy atom. The quantitative estimate of drug-likeness (QED) is 0.332. The summed E-state index contributed by atoms with van der Waals surface area (Å²) in [5.74, 6) is 1.25. The van der Waals surface area contributed by atoms with Gasteiger partial charge in [0.1, 0.15) is 5.75 Å². The lowest BCUT2D eigenvalue weighted by Gasteiger charge is -2.28. The third-order valence-electron chi connectivity index (χ3n) is 5.91. The Morgan fingerprint density at radius 3 is 2.56 bits per heavy atom. The van der Waals surface area contributed by atoms with Gasteiger partial charge in [-0.05, 0) is 53.1 Å². The Balaban J connectivity index is 1.79. The highest BCUT2D eigenvalue weighted by atomic mass is 35.5. The maximum atomic E-state index is 12.2. The second-order valence-electron chi connectivity index (χ2n) is 7.88. The molecule has 0 saturated heterocycles. The van der Waals surface area contributed by atoms with Crippen LogP contribution in [0.3, 0.4) is 0 Å². The lowest BCUT2D eigenvalue weighted by Crippen LogP contribution is -2.30. The number of aliphatic hydroxyl groups is 1. The molecule has 1 N–H and O–H groups in total. The van der Waals surface area contributed by atoms with Gasteiger partial charge in [-0.3, -0.25) is 0 Å². The van der Waals surface area contributed by atoms with Crippen molar-refractivity contribution in [3.8, 4) is 22.8 Å². The predicted molar refractivity (Wildman–Crippen MR) is 135 cm³/mol. The fraction of sp³-hybridized carbons (Fsp3) is 0.154. The van der Waals surface area contributed by atoms with E-state index in [1.807, 2.05) is 66.2 Å². The number of halogens is 1. The normalized spacial score (nSPS) is 13.1. The number of nitrogens with zero attached hydrogens (tertiary/aromatic N) is 3. The standard InChI is InChI=1S/C26H22ClN3O3S/c1-30-15-28-14-22(30)26(31,23-9-10-24(27)34-23)17-7-8-21-20(12-17)19(13-25(29-21)33-3)16-5-4-6-18(11-16)32-2/h4-15,31H,1-3H3. The Morgan fingerprint density at radius 1 is 1.03 bits per heavy atom. The Hall–Kier alpha value is -3.39. The molecule has 1 unspecified atom stereocenters. The first-order valence-corrected chi connectivity index (χ1v) is 11.7. The minimum atomic E-state index is -1.46. The Bertz CT molecular complexity index is 1500. The molecule has 5 aromatic rings. The molecule has 0 aliphatic carbocycles. The van der Waals surface area contributed by atoms with Crippen LogP contribution in [0.1, 0.15) is 16.1 Å². The molecule has 0 bridgehead atoms. The van der Waals surface area contributed by atoms with Crippen LogP contribution in [0.15, 0.2) is 73.2 Å². The lowest BCUT2D eigenvalue weighted by molar-refractivity contribution is 0.121. The average molecular weight is 492 g/mol. The van der Waals surface area contributed by atoms with Crippen LogP contribution in [0, 0.1) is 0 Å². The zero-order valence-corrected chi connectivity index (χ0v) is 20.4. The molecule has 0 amide bonds. The molecule has 0 saturated carbocycles. The number of hydrogen-bond acceptors (Lipinski definition) is 6. The number of methoxy groups -OCH3 is 2. The van der Waals surface area contributed by atoms with Crippen molar-refractivity contribution < 1.29 is 14.6 Å². The maximum Gasteiger partial charge on any atom is 0.214 e. The van der Waals surface area contributed by atoms with Crippen LogP contribution in [0.4, 0.5) is 0 Å². The largest absolute Gasteiger partial charge is 0.497 e. The van der Waals surface area contributed by atoms with Gasteiger partial charge in [0.05, 0.1) is 42.3 Å². The van der Waals surface area contributed by atoms with E-state index in [9.17, 15) is 5.11 Å². The Kier molecular flexibility index (Phi) is 5.77. The number of benzene rings is 2. The molecule has 0 fully saturated rings. The first-order valence-electron chi connectivity index (χ1n) is 10.5. The number of imidazole rings is 1. The molecule has 3 heterocycles. The SMILES string of the molecule is COc1cccc(-c2cc(OC)nc3ccc(C(O)(c4ccc(Cl)s4)c4cncn4C)cc23)c1. The van der Waals surface area contributed by atoms with Crippen molar-refractivity contribution in [2.75, 3.05) is 14.2 Å². The number of ether oxygens (including phenoxy) is 2. The smallest absolute Gasteiger partial charge is 0.214 e. The van der Waals surface area contributed by atoms with E-state index in [-0.39, 0.29) is 0 Å². The second kappa shape index (κ2) is 8.76. The summed E-state index contributed by atoms with van der Waals surface area (Å²) >= 11 is 7.60. The van der Waals surface area contributed by atoms with Crippen molar-refractivity contribution in [1.29, 1.82) is 0 Å². The minimum absolute atomic E-state index is 0.505. The van der Waals surface area contributed by atoms with Crippen molar-refractivity contribution in [2.24, 2.45) is 7.05 Å². The fourth-order valence-corrected chi connectivity index (χ4v) is 5.36. The van der Waals surface area contributed by atoms with E-state index in [4.69, 9.17) is 21.1 Å². The van der Waals surface area contributed by atoms with Gasteiger partial charge in [0.15, 0.2) is 5.60 Å². The van der Waals surface area contributed by atoms with Crippen molar-refractivity contribution in [1.82, 2.24) is 14.5 Å². The zero-order chi connectivity index (χ0) is 23.9. The van der Waals surface area contributed by atoms with Crippen LogP contribution in [-0.4, -0.2) is 33.9 Å². The number of hydrogen-bond donors (Lipinski definition) is 1. The molecule has 0 aliphatic rings. The number of pyridine rings is 1. The molecular weight excluding hydrogens is 470 g/mol. The fourth-order valence-electron chi connectivity index (χ4n) is 4.19. The highest BCUT2D eigenvalue weighted by Gasteiger charge is 2.38. The van der Waals surface area contributed by atoms with Crippen molar-refractivity contribution >= 4 is 33.8 Å². The molecule has 1 atom stereocenters. The third kappa shape index (κ3) is 3.72. The summed E-state index contributed by atoms with van der Waals surface area (Å²) < 4.78 is 13.3. The van der Waals surface area contributed by atoms with Crippen LogP contribution in [0.2, 0.25) is 4.34 Å². The van der Waals surface area contributed by atoms with Gasteiger partial charge in [-0.2, -0.15) is 0 Å². The zero-order valence-electron chi connectivity index (χ0n) is 18.8. The topological polar surface area (TPSA) is 69.4 Å². The number of thiophene rings is 1. The van der Waals surface area contributed by atoms with Crippen LogP contribution in [0.25, 0.3) is 22.0 Å². The number of fused-ring (bicyclic) bond motifs is 1. The van der Waals surface area contributed by atoms with Crippen LogP contribution in [0.5, 0.6) is 11.6 Å². The molecule has 172 valence electrons. The van der Waals surface area contributed by atoms with Gasteiger partial charge in [-0.25, -0.2) is 9.97 Å². The van der Waals surface area contributed by atoms with E-state index in [1.165, 1.54) is 11.3 Å². The molecule has 2 aromatic carbocycles. The third-order valence-corrected chi connectivity index (χ3v) is 7.25. The van der Waals surface area contributed by atoms with Crippen molar-refractivity contribution in [3.63, 3.8) is 0 Å². The molecule has 3 aromatic heterocycles. The van der Waals surface area contributed by atoms with Gasteiger partial charge in [-0.1, -0.05) is 29.8 Å². The van der Waals surface area contributed by atoms with Gasteiger partial charge in [0.25, 0.3) is 0 Å². The van der Waals surface area contributed by atoms with Gasteiger partial charge in [0.2, 0.25) is 5.88 Å². The molecule has 0 aliphatic heterocycles. The first-order chi connectivity index (χ1) is 16.4. The van der Waals surface area contributed by atoms with Crippen molar-refractivity contribution in [2.45, 2.75) is 5.60 Å². The molecule has 34 heavy (non-hydrogen) atoms. The lowest BCUT2D eigenvalue weighted by atomic mass is 9.87. The molecule has 8 heteroatoms. The van der Waals surface area contributed by atoms with E-state index in [0.29, 0.717) is 26.4 Å². The summed E-state index contributed by atoms with van der Waals surface area (Å²) in [6, 6.07) is 19.1. The summed E-state index contributed by atoms with van der Waals surface area (Å²) in [5, 5.41) is 13.1. The van der Waals surface area contributed by atoms with E-state index >= 15 is 0 Å². The number of rotatable bonds is 6. The van der Waals surface area contributed by atoms with E-state index in [2.05, 4.69) is 9.97 Å². The first kappa shape index (κ1) is 22.4. The summed E-state index contributed by atoms with van der Waals surface area (Å²) in [4.78, 5) is 9.58. The molecular formula is C26H22ClN3O3S. The van der Waals surface area contributed by atoms with Crippen LogP contribution in [-0.2, 0) is 12.6 Å². The number of aryl methyl sites for hydroxylation is 1. The van der Waals surface area contributed by atoms with Crippen LogP contribution >= 0.6 is 22.9 Å². The molecule has 0 spiro atoms. The number of aromatic nitrogens is 3. The predicted octanol–water partition coefficient (Wildman–Crippen LogP) is 5.65. The monoisotopic (exact) mass is 491 g/mol. The highest BCUT2D eigenvalue weighted by Crippen LogP contribution is 2.43. The van der Waals surface area contributed by atoms with Gasteiger partial charge >= 0.3 is 0 Å². The average Bonchev–Trinajstić information content (AvgIpc) is 3.51. The summed E-state index contributed by atoms with van der Waals surface area (Å²) in [5.41, 5.74) is 2.47. The molecule has 6 nitrogen and oxygen atoms in total. The van der Waals surface area contributed by atoms with E-state index < -0.39 is 5.60 Å². The van der Waals surface area contributed by atoms with Gasteiger partial charge < -0.3 is 19.1 Å². The highest BCUT2D eigenvalue weighted by molar-refractivity contribution is 7.16. The van der Waals surface area contributed by atoms with Gasteiger partial charge in [-0.15, -0.1) is 11.3 Å². The van der Waals surface area contributed by atoms with E-state index in [0.717, 1.165) is 27.8 Å². The summed E-state index contributed by atoms with van der Waals surface area (Å²) in [6.45, 7) is 0. The second-order valence-corrected chi connectivity index (χ2v) is 9.60. The maximum absolute atomic E-state index is 12.2. The summed E-state index contributed by atoms with van der Waals surface area (Å²) in [6.07, 6.45) is 3.34. The van der Waals surface area contributed by atoms with Crippen molar-refractivity contribution in [3.05, 3.63) is 93.7 Å². The van der Waals surface area contributed by atoms with Gasteiger partial charge in [0, 0.05) is 23.4 Å². The molecule has 0 radical (unpaired) electrons. The Labute approximate surface area is 206 Å².